The molecule has 1 atom stereocenters. The van der Waals surface area contributed by atoms with Gasteiger partial charge in [-0.15, -0.1) is 0 Å². The van der Waals surface area contributed by atoms with Crippen molar-refractivity contribution in [3.63, 3.8) is 0 Å². The Hall–Kier alpha value is -3.45. The van der Waals surface area contributed by atoms with Gasteiger partial charge in [0.2, 0.25) is 5.91 Å². The summed E-state index contributed by atoms with van der Waals surface area (Å²) >= 11 is 0. The monoisotopic (exact) mass is 560 g/mol. The summed E-state index contributed by atoms with van der Waals surface area (Å²) in [6.45, 7) is 11.9. The summed E-state index contributed by atoms with van der Waals surface area (Å²) in [6.07, 6.45) is 3.65. The molecule has 2 amide bonds. The van der Waals surface area contributed by atoms with Crippen molar-refractivity contribution in [3.05, 3.63) is 59.7 Å². The molecule has 222 valence electrons. The minimum Gasteiger partial charge on any atom is -0.497 e. The second-order valence-electron chi connectivity index (χ2n) is 12.5. The van der Waals surface area contributed by atoms with Crippen LogP contribution >= 0.6 is 0 Å². The number of fused-ring (bicyclic) bond motifs is 1. The maximum absolute atomic E-state index is 14.0. The molecular weight excluding hydrogens is 512 g/mol. The lowest BCUT2D eigenvalue weighted by atomic mass is 9.92. The Morgan fingerprint density at radius 1 is 1.05 bits per heavy atom. The van der Waals surface area contributed by atoms with Crippen molar-refractivity contribution in [1.29, 1.82) is 0 Å². The number of nitrogens with one attached hydrogen (secondary N) is 2. The number of methoxy groups -OCH3 is 1. The summed E-state index contributed by atoms with van der Waals surface area (Å²) < 4.78 is 5.32. The van der Waals surface area contributed by atoms with Crippen molar-refractivity contribution in [1.82, 2.24) is 20.5 Å². The third kappa shape index (κ3) is 9.28. The number of amides is 2. The first-order valence-corrected chi connectivity index (χ1v) is 14.7. The zero-order valence-electron chi connectivity index (χ0n) is 26.1. The van der Waals surface area contributed by atoms with E-state index in [-0.39, 0.29) is 23.1 Å². The molecule has 0 aliphatic heterocycles. The molecule has 0 aliphatic rings. The highest BCUT2D eigenvalue weighted by molar-refractivity contribution is 6.08. The molecule has 0 aliphatic carbocycles. The molecule has 2 aromatic carbocycles. The lowest BCUT2D eigenvalue weighted by Crippen LogP contribution is -2.50. The molecule has 2 N–H and O–H groups in total. The van der Waals surface area contributed by atoms with Crippen LogP contribution < -0.4 is 15.4 Å². The quantitative estimate of drug-likeness (QED) is 0.249. The predicted octanol–water partition coefficient (Wildman–Crippen LogP) is 6.10. The van der Waals surface area contributed by atoms with E-state index in [2.05, 4.69) is 62.3 Å². The molecule has 41 heavy (non-hydrogen) atoms. The molecule has 0 radical (unpaired) electrons. The maximum atomic E-state index is 14.0. The number of aryl methyl sites for hydroxylation is 1. The summed E-state index contributed by atoms with van der Waals surface area (Å²) in [5.74, 6) is 0.555. The number of benzene rings is 2. The molecule has 0 spiro atoms. The number of rotatable bonds is 14. The average molecular weight is 561 g/mol. The van der Waals surface area contributed by atoms with Gasteiger partial charge in [0, 0.05) is 24.0 Å². The van der Waals surface area contributed by atoms with Crippen molar-refractivity contribution in [2.45, 2.75) is 66.3 Å². The van der Waals surface area contributed by atoms with Gasteiger partial charge in [0.1, 0.15) is 11.8 Å². The minimum atomic E-state index is -0.645. The largest absolute Gasteiger partial charge is 0.497 e. The van der Waals surface area contributed by atoms with E-state index in [0.29, 0.717) is 24.2 Å². The molecule has 1 unspecified atom stereocenters. The van der Waals surface area contributed by atoms with Crippen molar-refractivity contribution < 1.29 is 14.3 Å². The van der Waals surface area contributed by atoms with Crippen LogP contribution in [0.15, 0.2) is 48.5 Å². The van der Waals surface area contributed by atoms with Gasteiger partial charge in [-0.25, -0.2) is 4.98 Å². The van der Waals surface area contributed by atoms with Crippen LogP contribution in [-0.4, -0.2) is 62.0 Å². The van der Waals surface area contributed by atoms with E-state index in [9.17, 15) is 9.59 Å². The Kier molecular flexibility index (Phi) is 11.3. The molecule has 1 aromatic heterocycles. The highest BCUT2D eigenvalue weighted by Crippen LogP contribution is 2.28. The first-order chi connectivity index (χ1) is 19.4. The van der Waals surface area contributed by atoms with Crippen molar-refractivity contribution in [2.75, 3.05) is 34.3 Å². The Morgan fingerprint density at radius 3 is 2.37 bits per heavy atom. The Labute approximate surface area is 246 Å². The minimum absolute atomic E-state index is 0.102. The second-order valence-corrected chi connectivity index (χ2v) is 12.5. The van der Waals surface area contributed by atoms with Gasteiger partial charge in [0.25, 0.3) is 5.91 Å². The zero-order valence-corrected chi connectivity index (χ0v) is 26.1. The van der Waals surface area contributed by atoms with E-state index < -0.39 is 6.04 Å². The molecular formula is C34H48N4O3. The summed E-state index contributed by atoms with van der Waals surface area (Å²) in [5, 5.41) is 6.98. The molecule has 3 aromatic rings. The number of unbranched alkanes of at least 4 members (excludes halogenated alkanes) is 1. The van der Waals surface area contributed by atoms with E-state index in [1.54, 1.807) is 7.11 Å². The third-order valence-electron chi connectivity index (χ3n) is 7.14. The van der Waals surface area contributed by atoms with Gasteiger partial charge >= 0.3 is 0 Å². The Balaban J connectivity index is 1.97. The van der Waals surface area contributed by atoms with Crippen LogP contribution in [0.3, 0.4) is 0 Å². The van der Waals surface area contributed by atoms with E-state index in [4.69, 9.17) is 9.72 Å². The maximum Gasteiger partial charge on any atom is 0.252 e. The first-order valence-electron chi connectivity index (χ1n) is 14.7. The highest BCUT2D eigenvalue weighted by atomic mass is 16.5. The van der Waals surface area contributed by atoms with Gasteiger partial charge < -0.3 is 20.3 Å². The van der Waals surface area contributed by atoms with E-state index >= 15 is 0 Å². The van der Waals surface area contributed by atoms with Crippen LogP contribution in [0.5, 0.6) is 5.75 Å². The number of carbonyl (C=O) groups excluding carboxylic acids is 2. The van der Waals surface area contributed by atoms with E-state index in [1.807, 2.05) is 50.5 Å². The van der Waals surface area contributed by atoms with Crippen LogP contribution in [0.25, 0.3) is 22.2 Å². The normalized spacial score (nSPS) is 12.5. The number of nitrogens with zero attached hydrogens (tertiary/aromatic N) is 2. The standard InChI is InChI=1S/C34H48N4O3/c1-9-10-11-24-12-17-29-27(19-24)28(20-30(36-29)25-13-15-26(41-8)16-14-25)32(39)37-31(18-23(2)3)33(40)35-21-34(4,5)22-38(6)7/h12-17,19-20,23,31H,9-11,18,21-22H2,1-8H3,(H,35,40)(H,37,39). The predicted molar refractivity (Wildman–Crippen MR) is 168 cm³/mol. The lowest BCUT2D eigenvalue weighted by molar-refractivity contribution is -0.123. The number of ether oxygens (including phenoxy) is 1. The number of pyridine rings is 1. The molecule has 0 saturated heterocycles. The van der Waals surface area contributed by atoms with Gasteiger partial charge in [-0.1, -0.05) is 47.1 Å². The average Bonchev–Trinajstić information content (AvgIpc) is 2.92. The van der Waals surface area contributed by atoms with Gasteiger partial charge in [-0.2, -0.15) is 0 Å². The smallest absolute Gasteiger partial charge is 0.252 e. The summed E-state index contributed by atoms with van der Waals surface area (Å²) in [5.41, 5.74) is 3.92. The van der Waals surface area contributed by atoms with Crippen LogP contribution in [0.1, 0.15) is 69.8 Å². The molecule has 0 saturated carbocycles. The van der Waals surface area contributed by atoms with E-state index in [1.165, 1.54) is 5.56 Å². The van der Waals surface area contributed by atoms with Crippen LogP contribution in [0.2, 0.25) is 0 Å². The molecule has 7 nitrogen and oxygen atoms in total. The fourth-order valence-electron chi connectivity index (χ4n) is 5.21. The van der Waals surface area contributed by atoms with Crippen molar-refractivity contribution in [2.24, 2.45) is 11.3 Å². The topological polar surface area (TPSA) is 83.6 Å². The molecule has 0 fully saturated rings. The Morgan fingerprint density at radius 2 is 1.76 bits per heavy atom. The van der Waals surface area contributed by atoms with Crippen LogP contribution in [0.4, 0.5) is 0 Å². The van der Waals surface area contributed by atoms with Gasteiger partial charge in [0.05, 0.1) is 23.9 Å². The summed E-state index contributed by atoms with van der Waals surface area (Å²) in [4.78, 5) is 34.4. The van der Waals surface area contributed by atoms with Gasteiger partial charge in [-0.05, 0) is 92.7 Å². The summed E-state index contributed by atoms with van der Waals surface area (Å²) in [6, 6.07) is 15.0. The van der Waals surface area contributed by atoms with Crippen molar-refractivity contribution >= 4 is 22.7 Å². The molecule has 3 rings (SSSR count). The van der Waals surface area contributed by atoms with Gasteiger partial charge in [-0.3, -0.25) is 9.59 Å². The first kappa shape index (κ1) is 32.1. The zero-order chi connectivity index (χ0) is 30.2. The fraction of sp³-hybridized carbons (Fsp3) is 0.500. The van der Waals surface area contributed by atoms with Crippen molar-refractivity contribution in [3.8, 4) is 17.0 Å². The fourth-order valence-corrected chi connectivity index (χ4v) is 5.21. The number of carbonyl (C=O) groups is 2. The molecule has 1 heterocycles. The third-order valence-corrected chi connectivity index (χ3v) is 7.14. The molecule has 7 heteroatoms. The number of hydrogen-bond donors (Lipinski definition) is 2. The number of aromatic nitrogens is 1. The number of hydrogen-bond acceptors (Lipinski definition) is 5. The van der Waals surface area contributed by atoms with Crippen LogP contribution in [-0.2, 0) is 11.2 Å². The molecule has 0 bridgehead atoms. The lowest BCUT2D eigenvalue weighted by Gasteiger charge is -2.29. The highest BCUT2D eigenvalue weighted by Gasteiger charge is 2.27. The van der Waals surface area contributed by atoms with Gasteiger partial charge in [0.15, 0.2) is 0 Å². The van der Waals surface area contributed by atoms with E-state index in [0.717, 1.165) is 48.0 Å². The van der Waals surface area contributed by atoms with Crippen LogP contribution in [0, 0.1) is 11.3 Å². The second kappa shape index (κ2) is 14.4. The SMILES string of the molecule is CCCCc1ccc2nc(-c3ccc(OC)cc3)cc(C(=O)NC(CC(C)C)C(=O)NCC(C)(C)CN(C)C)c2c1. The summed E-state index contributed by atoms with van der Waals surface area (Å²) in [7, 11) is 5.69. The Bertz CT molecular complexity index is 1320.